The fraction of sp³-hybridized carbons (Fsp3) is 0.188. The number of Topliss-reactive ketones (excluding diaryl/α,β-unsaturated/α-hetero) is 1. The zero-order valence-electron chi connectivity index (χ0n) is 11.7. The molecular weight excluding hydrogens is 339 g/mol. The van der Waals surface area contributed by atoms with Crippen molar-refractivity contribution in [3.05, 3.63) is 57.8 Å². The molecule has 0 saturated carbocycles. The van der Waals surface area contributed by atoms with Crippen LogP contribution in [0.1, 0.15) is 15.9 Å². The molecule has 5 heteroatoms. The van der Waals surface area contributed by atoms with Crippen molar-refractivity contribution in [3.8, 4) is 11.5 Å². The summed E-state index contributed by atoms with van der Waals surface area (Å²) in [6.45, 7) is 0. The fourth-order valence-electron chi connectivity index (χ4n) is 1.93. The Morgan fingerprint density at radius 2 is 1.76 bits per heavy atom. The minimum atomic E-state index is -0.386. The lowest BCUT2D eigenvalue weighted by Gasteiger charge is -2.09. The molecule has 0 atom stereocenters. The second kappa shape index (κ2) is 6.72. The van der Waals surface area contributed by atoms with Crippen molar-refractivity contribution in [2.75, 3.05) is 14.2 Å². The molecule has 2 aromatic carbocycles. The van der Waals surface area contributed by atoms with Gasteiger partial charge in [0.05, 0.1) is 18.7 Å². The van der Waals surface area contributed by atoms with E-state index in [1.54, 1.807) is 30.3 Å². The van der Waals surface area contributed by atoms with E-state index in [9.17, 15) is 9.18 Å². The van der Waals surface area contributed by atoms with Gasteiger partial charge in [-0.25, -0.2) is 4.39 Å². The number of ketones is 1. The van der Waals surface area contributed by atoms with Gasteiger partial charge >= 0.3 is 0 Å². The first-order valence-corrected chi connectivity index (χ1v) is 7.03. The number of carbonyl (C=O) groups is 1. The highest BCUT2D eigenvalue weighted by atomic mass is 79.9. The lowest BCUT2D eigenvalue weighted by molar-refractivity contribution is 0.0992. The Balaban J connectivity index is 2.30. The quantitative estimate of drug-likeness (QED) is 0.762. The molecule has 0 heterocycles. The number of hydrogen-bond donors (Lipinski definition) is 0. The Kier molecular flexibility index (Phi) is 4.96. The van der Waals surface area contributed by atoms with Crippen molar-refractivity contribution in [3.63, 3.8) is 0 Å². The number of halogens is 2. The largest absolute Gasteiger partial charge is 0.497 e. The Bertz CT molecular complexity index is 648. The zero-order valence-corrected chi connectivity index (χ0v) is 13.2. The van der Waals surface area contributed by atoms with Crippen LogP contribution >= 0.6 is 15.9 Å². The van der Waals surface area contributed by atoms with Gasteiger partial charge in [-0.3, -0.25) is 4.79 Å². The van der Waals surface area contributed by atoms with Crippen molar-refractivity contribution in [2.45, 2.75) is 6.42 Å². The van der Waals surface area contributed by atoms with E-state index in [4.69, 9.17) is 9.47 Å². The average Bonchev–Trinajstić information content (AvgIpc) is 2.51. The number of hydrogen-bond acceptors (Lipinski definition) is 3. The summed E-state index contributed by atoms with van der Waals surface area (Å²) >= 11 is 3.16. The normalized spacial score (nSPS) is 10.3. The highest BCUT2D eigenvalue weighted by Gasteiger charge is 2.14. The first kappa shape index (κ1) is 15.5. The third-order valence-electron chi connectivity index (χ3n) is 3.06. The van der Waals surface area contributed by atoms with Crippen molar-refractivity contribution < 1.29 is 18.7 Å². The van der Waals surface area contributed by atoms with Crippen LogP contribution in [0, 0.1) is 5.82 Å². The van der Waals surface area contributed by atoms with E-state index in [2.05, 4.69) is 15.9 Å². The highest BCUT2D eigenvalue weighted by Crippen LogP contribution is 2.25. The third kappa shape index (κ3) is 3.61. The highest BCUT2D eigenvalue weighted by molar-refractivity contribution is 9.10. The van der Waals surface area contributed by atoms with E-state index in [0.717, 1.165) is 0 Å². The van der Waals surface area contributed by atoms with Crippen LogP contribution in [0.25, 0.3) is 0 Å². The molecule has 0 aliphatic rings. The van der Waals surface area contributed by atoms with E-state index in [1.165, 1.54) is 20.3 Å². The van der Waals surface area contributed by atoms with Gasteiger partial charge in [0, 0.05) is 18.1 Å². The van der Waals surface area contributed by atoms with E-state index >= 15 is 0 Å². The first-order valence-electron chi connectivity index (χ1n) is 6.24. The molecule has 0 N–H and O–H groups in total. The minimum absolute atomic E-state index is 0.0919. The second-order valence-electron chi connectivity index (χ2n) is 4.41. The number of rotatable bonds is 5. The summed E-state index contributed by atoms with van der Waals surface area (Å²) in [6, 6.07) is 9.59. The molecule has 0 unspecified atom stereocenters. The van der Waals surface area contributed by atoms with E-state index < -0.39 is 0 Å². The smallest absolute Gasteiger partial charge is 0.167 e. The molecule has 21 heavy (non-hydrogen) atoms. The van der Waals surface area contributed by atoms with Crippen LogP contribution in [0.3, 0.4) is 0 Å². The summed E-state index contributed by atoms with van der Waals surface area (Å²) < 4.78 is 24.1. The van der Waals surface area contributed by atoms with Gasteiger partial charge in [0.1, 0.15) is 17.3 Å². The monoisotopic (exact) mass is 352 g/mol. The van der Waals surface area contributed by atoms with Gasteiger partial charge in [0.25, 0.3) is 0 Å². The molecule has 0 radical (unpaired) electrons. The van der Waals surface area contributed by atoms with E-state index in [-0.39, 0.29) is 18.0 Å². The maximum absolute atomic E-state index is 13.5. The van der Waals surface area contributed by atoms with Crippen LogP contribution in [-0.2, 0) is 6.42 Å². The molecule has 0 fully saturated rings. The molecule has 0 amide bonds. The number of benzene rings is 2. The van der Waals surface area contributed by atoms with Gasteiger partial charge in [-0.05, 0) is 39.7 Å². The Hall–Kier alpha value is -1.88. The fourth-order valence-corrected chi connectivity index (χ4v) is 2.33. The van der Waals surface area contributed by atoms with Crippen molar-refractivity contribution in [1.29, 1.82) is 0 Å². The summed E-state index contributed by atoms with van der Waals surface area (Å²) in [5.41, 5.74) is 1.06. The van der Waals surface area contributed by atoms with E-state index in [1.807, 2.05) is 0 Å². The average molecular weight is 353 g/mol. The van der Waals surface area contributed by atoms with Crippen LogP contribution in [-0.4, -0.2) is 20.0 Å². The van der Waals surface area contributed by atoms with Crippen LogP contribution in [0.15, 0.2) is 40.9 Å². The van der Waals surface area contributed by atoms with Crippen LogP contribution in [0.5, 0.6) is 11.5 Å². The van der Waals surface area contributed by atoms with Gasteiger partial charge in [0.15, 0.2) is 5.78 Å². The first-order chi connectivity index (χ1) is 10.0. The van der Waals surface area contributed by atoms with Gasteiger partial charge < -0.3 is 9.47 Å². The van der Waals surface area contributed by atoms with Gasteiger partial charge in [-0.1, -0.05) is 12.1 Å². The lowest BCUT2D eigenvalue weighted by atomic mass is 10.0. The van der Waals surface area contributed by atoms with E-state index in [0.29, 0.717) is 27.1 Å². The summed E-state index contributed by atoms with van der Waals surface area (Å²) in [7, 11) is 3.04. The SMILES string of the molecule is COc1cc(OC)cc(C(=O)Cc2cccc(F)c2Br)c1. The molecule has 0 aromatic heterocycles. The standard InChI is InChI=1S/C16H14BrFO3/c1-20-12-6-11(7-13(9-12)21-2)15(19)8-10-4-3-5-14(18)16(10)17/h3-7,9H,8H2,1-2H3. The molecule has 0 spiro atoms. The second-order valence-corrected chi connectivity index (χ2v) is 5.21. The molecule has 0 bridgehead atoms. The molecule has 110 valence electrons. The minimum Gasteiger partial charge on any atom is -0.497 e. The maximum Gasteiger partial charge on any atom is 0.167 e. The number of methoxy groups -OCH3 is 2. The molecule has 2 aromatic rings. The third-order valence-corrected chi connectivity index (χ3v) is 3.94. The lowest BCUT2D eigenvalue weighted by Crippen LogP contribution is -2.05. The molecule has 0 aliphatic heterocycles. The van der Waals surface area contributed by atoms with Crippen molar-refractivity contribution in [2.24, 2.45) is 0 Å². The topological polar surface area (TPSA) is 35.5 Å². The summed E-state index contributed by atoms with van der Waals surface area (Å²) in [6.07, 6.45) is 0.0919. The molecule has 0 aliphatic carbocycles. The molecule has 2 rings (SSSR count). The number of carbonyl (C=O) groups excluding carboxylic acids is 1. The van der Waals surface area contributed by atoms with Crippen LogP contribution in [0.2, 0.25) is 0 Å². The maximum atomic E-state index is 13.5. The predicted molar refractivity (Wildman–Crippen MR) is 81.7 cm³/mol. The summed E-state index contributed by atoms with van der Waals surface area (Å²) in [5, 5.41) is 0. The predicted octanol–water partition coefficient (Wildman–Crippen LogP) is 4.03. The molecular formula is C16H14BrFO3. The van der Waals surface area contributed by atoms with Crippen molar-refractivity contribution >= 4 is 21.7 Å². The van der Waals surface area contributed by atoms with Gasteiger partial charge in [-0.15, -0.1) is 0 Å². The van der Waals surface area contributed by atoms with Gasteiger partial charge in [-0.2, -0.15) is 0 Å². The Morgan fingerprint density at radius 3 is 2.33 bits per heavy atom. The van der Waals surface area contributed by atoms with Crippen molar-refractivity contribution in [1.82, 2.24) is 0 Å². The summed E-state index contributed by atoms with van der Waals surface area (Å²) in [5.74, 6) is 0.550. The zero-order chi connectivity index (χ0) is 15.4. The van der Waals surface area contributed by atoms with Gasteiger partial charge in [0.2, 0.25) is 0 Å². The van der Waals surface area contributed by atoms with Crippen LogP contribution in [0.4, 0.5) is 4.39 Å². The molecule has 0 saturated heterocycles. The number of ether oxygens (including phenoxy) is 2. The molecule has 3 nitrogen and oxygen atoms in total. The summed E-state index contributed by atoms with van der Waals surface area (Å²) in [4.78, 5) is 12.4. The Morgan fingerprint density at radius 1 is 1.14 bits per heavy atom. The Labute approximate surface area is 130 Å². The van der Waals surface area contributed by atoms with Crippen LogP contribution < -0.4 is 9.47 Å².